The molecular weight excluding hydrogens is 300 g/mol. The number of aryl methyl sites for hydroxylation is 1. The first-order chi connectivity index (χ1) is 10.1. The molecule has 2 fully saturated rings. The summed E-state index contributed by atoms with van der Waals surface area (Å²) >= 11 is 0. The molecule has 2 bridgehead atoms. The average Bonchev–Trinajstić information content (AvgIpc) is 2.80. The number of likely N-dealkylation sites (tertiary alicyclic amines) is 1. The van der Waals surface area contributed by atoms with Crippen molar-refractivity contribution >= 4 is 18.3 Å². The number of nitrogens with one attached hydrogen (secondary N) is 1. The maximum Gasteiger partial charge on any atom is 0.263 e. The van der Waals surface area contributed by atoms with Gasteiger partial charge in [-0.05, 0) is 45.2 Å². The molecule has 3 atom stereocenters. The van der Waals surface area contributed by atoms with Gasteiger partial charge in [0.2, 0.25) is 0 Å². The SMILES string of the molecule is Cc1ccc(OC(C)C(=O)N2CCC3CCC(C2)N3)cc1.Cl. The van der Waals surface area contributed by atoms with Crippen molar-refractivity contribution in [1.82, 2.24) is 10.2 Å². The third-order valence-electron chi connectivity index (χ3n) is 4.52. The zero-order valence-electron chi connectivity index (χ0n) is 13.2. The third kappa shape index (κ3) is 3.93. The molecule has 0 spiro atoms. The Bertz CT molecular complexity index is 506. The number of benzene rings is 1. The van der Waals surface area contributed by atoms with Gasteiger partial charge in [0.05, 0.1) is 0 Å². The third-order valence-corrected chi connectivity index (χ3v) is 4.52. The lowest BCUT2D eigenvalue weighted by molar-refractivity contribution is -0.138. The normalized spacial score (nSPS) is 25.1. The predicted molar refractivity (Wildman–Crippen MR) is 89.7 cm³/mol. The number of hydrogen-bond donors (Lipinski definition) is 1. The van der Waals surface area contributed by atoms with E-state index in [-0.39, 0.29) is 18.3 Å². The average molecular weight is 325 g/mol. The zero-order valence-corrected chi connectivity index (χ0v) is 14.1. The highest BCUT2D eigenvalue weighted by atomic mass is 35.5. The molecule has 122 valence electrons. The maximum absolute atomic E-state index is 12.6. The Morgan fingerprint density at radius 3 is 2.64 bits per heavy atom. The van der Waals surface area contributed by atoms with E-state index in [1.165, 1.54) is 18.4 Å². The van der Waals surface area contributed by atoms with Crippen LogP contribution in [0.1, 0.15) is 31.7 Å². The van der Waals surface area contributed by atoms with E-state index >= 15 is 0 Å². The Labute approximate surface area is 138 Å². The van der Waals surface area contributed by atoms with Crippen molar-refractivity contribution in [3.05, 3.63) is 29.8 Å². The van der Waals surface area contributed by atoms with Gasteiger partial charge in [0.25, 0.3) is 5.91 Å². The van der Waals surface area contributed by atoms with Gasteiger partial charge in [-0.3, -0.25) is 4.79 Å². The Morgan fingerprint density at radius 2 is 1.91 bits per heavy atom. The second kappa shape index (κ2) is 7.34. The van der Waals surface area contributed by atoms with Crippen LogP contribution in [0.2, 0.25) is 0 Å². The Kier molecular flexibility index (Phi) is 5.70. The number of rotatable bonds is 3. The molecule has 3 unspecified atom stereocenters. The summed E-state index contributed by atoms with van der Waals surface area (Å²) in [7, 11) is 0. The van der Waals surface area contributed by atoms with Crippen LogP contribution in [0.4, 0.5) is 0 Å². The van der Waals surface area contributed by atoms with E-state index in [1.54, 1.807) is 0 Å². The van der Waals surface area contributed by atoms with Crippen LogP contribution in [-0.2, 0) is 4.79 Å². The van der Waals surface area contributed by atoms with E-state index in [0.717, 1.165) is 25.3 Å². The summed E-state index contributed by atoms with van der Waals surface area (Å²) in [5.74, 6) is 0.862. The number of fused-ring (bicyclic) bond motifs is 2. The molecule has 0 aromatic heterocycles. The molecule has 1 aromatic carbocycles. The van der Waals surface area contributed by atoms with Gasteiger partial charge >= 0.3 is 0 Å². The van der Waals surface area contributed by atoms with Gasteiger partial charge in [-0.1, -0.05) is 17.7 Å². The van der Waals surface area contributed by atoms with Gasteiger partial charge in [-0.15, -0.1) is 12.4 Å². The fourth-order valence-electron chi connectivity index (χ4n) is 3.27. The van der Waals surface area contributed by atoms with Crippen molar-refractivity contribution in [2.24, 2.45) is 0 Å². The van der Waals surface area contributed by atoms with E-state index in [0.29, 0.717) is 12.1 Å². The Hall–Kier alpha value is -1.26. The minimum Gasteiger partial charge on any atom is -0.481 e. The molecule has 0 aliphatic carbocycles. The summed E-state index contributed by atoms with van der Waals surface area (Å²) < 4.78 is 5.79. The molecule has 4 nitrogen and oxygen atoms in total. The van der Waals surface area contributed by atoms with E-state index in [4.69, 9.17) is 4.74 Å². The first-order valence-electron chi connectivity index (χ1n) is 7.90. The van der Waals surface area contributed by atoms with Gasteiger partial charge in [0, 0.05) is 25.2 Å². The quantitative estimate of drug-likeness (QED) is 0.929. The molecule has 1 aromatic rings. The second-order valence-electron chi connectivity index (χ2n) is 6.28. The van der Waals surface area contributed by atoms with Crippen LogP contribution in [0.5, 0.6) is 5.75 Å². The lowest BCUT2D eigenvalue weighted by atomic mass is 10.1. The number of hydrogen-bond acceptors (Lipinski definition) is 3. The predicted octanol–water partition coefficient (Wildman–Crippen LogP) is 2.54. The molecule has 1 amide bonds. The molecular formula is C17H25ClN2O2. The van der Waals surface area contributed by atoms with Gasteiger partial charge in [-0.2, -0.15) is 0 Å². The highest BCUT2D eigenvalue weighted by Gasteiger charge is 2.32. The topological polar surface area (TPSA) is 41.6 Å². The first kappa shape index (κ1) is 17.1. The van der Waals surface area contributed by atoms with Crippen LogP contribution in [-0.4, -0.2) is 42.1 Å². The molecule has 2 saturated heterocycles. The highest BCUT2D eigenvalue weighted by Crippen LogP contribution is 2.21. The summed E-state index contributed by atoms with van der Waals surface area (Å²) in [5, 5.41) is 3.60. The van der Waals surface area contributed by atoms with Crippen molar-refractivity contribution in [3.8, 4) is 5.75 Å². The van der Waals surface area contributed by atoms with E-state index < -0.39 is 6.10 Å². The number of amides is 1. The highest BCUT2D eigenvalue weighted by molar-refractivity contribution is 5.85. The van der Waals surface area contributed by atoms with E-state index in [1.807, 2.05) is 43.0 Å². The molecule has 22 heavy (non-hydrogen) atoms. The first-order valence-corrected chi connectivity index (χ1v) is 7.90. The molecule has 3 rings (SSSR count). The zero-order chi connectivity index (χ0) is 14.8. The lowest BCUT2D eigenvalue weighted by Gasteiger charge is -2.27. The van der Waals surface area contributed by atoms with Crippen LogP contribution in [0, 0.1) is 6.92 Å². The van der Waals surface area contributed by atoms with Crippen LogP contribution >= 0.6 is 12.4 Å². The summed E-state index contributed by atoms with van der Waals surface area (Å²) in [6.07, 6.45) is 3.06. The molecule has 0 saturated carbocycles. The van der Waals surface area contributed by atoms with Crippen molar-refractivity contribution < 1.29 is 9.53 Å². The second-order valence-corrected chi connectivity index (χ2v) is 6.28. The van der Waals surface area contributed by atoms with E-state index in [9.17, 15) is 4.79 Å². The summed E-state index contributed by atoms with van der Waals surface area (Å²) in [6, 6.07) is 8.91. The number of carbonyl (C=O) groups excluding carboxylic acids is 1. The fraction of sp³-hybridized carbons (Fsp3) is 0.588. The molecule has 0 radical (unpaired) electrons. The molecule has 2 aliphatic heterocycles. The lowest BCUT2D eigenvalue weighted by Crippen LogP contribution is -2.44. The standard InChI is InChI=1S/C17H24N2O2.ClH/c1-12-3-7-16(8-4-12)21-13(2)17(20)19-10-9-14-5-6-15(11-19)18-14;/h3-4,7-8,13-15,18H,5-6,9-11H2,1-2H3;1H. The van der Waals surface area contributed by atoms with Crippen molar-refractivity contribution in [2.75, 3.05) is 13.1 Å². The smallest absolute Gasteiger partial charge is 0.263 e. The van der Waals surface area contributed by atoms with Crippen LogP contribution in [0.3, 0.4) is 0 Å². The molecule has 2 aliphatic rings. The van der Waals surface area contributed by atoms with Crippen molar-refractivity contribution in [1.29, 1.82) is 0 Å². The molecule has 2 heterocycles. The van der Waals surface area contributed by atoms with Crippen LogP contribution < -0.4 is 10.1 Å². The van der Waals surface area contributed by atoms with Gasteiger partial charge < -0.3 is 15.0 Å². The Morgan fingerprint density at radius 1 is 1.23 bits per heavy atom. The fourth-order valence-corrected chi connectivity index (χ4v) is 3.27. The van der Waals surface area contributed by atoms with Crippen LogP contribution in [0.25, 0.3) is 0 Å². The number of nitrogens with zero attached hydrogens (tertiary/aromatic N) is 1. The number of halogens is 1. The van der Waals surface area contributed by atoms with Crippen molar-refractivity contribution in [2.45, 2.75) is 51.3 Å². The largest absolute Gasteiger partial charge is 0.481 e. The van der Waals surface area contributed by atoms with Gasteiger partial charge in [0.15, 0.2) is 6.10 Å². The minimum absolute atomic E-state index is 0. The summed E-state index contributed by atoms with van der Waals surface area (Å²) in [6.45, 7) is 5.54. The van der Waals surface area contributed by atoms with E-state index in [2.05, 4.69) is 5.32 Å². The van der Waals surface area contributed by atoms with Crippen LogP contribution in [0.15, 0.2) is 24.3 Å². The van der Waals surface area contributed by atoms with Crippen molar-refractivity contribution in [3.63, 3.8) is 0 Å². The minimum atomic E-state index is -0.427. The summed E-state index contributed by atoms with van der Waals surface area (Å²) in [4.78, 5) is 14.5. The molecule has 1 N–H and O–H groups in total. The Balaban J connectivity index is 0.00000176. The van der Waals surface area contributed by atoms with Gasteiger partial charge in [0.1, 0.15) is 5.75 Å². The summed E-state index contributed by atoms with van der Waals surface area (Å²) in [5.41, 5.74) is 1.19. The van der Waals surface area contributed by atoms with Gasteiger partial charge in [-0.25, -0.2) is 0 Å². The maximum atomic E-state index is 12.6. The number of carbonyl (C=O) groups is 1. The number of ether oxygens (including phenoxy) is 1. The molecule has 5 heteroatoms. The monoisotopic (exact) mass is 324 g/mol.